The number of anilines is 1. The van der Waals surface area contributed by atoms with Gasteiger partial charge in [-0.05, 0) is 50.5 Å². The van der Waals surface area contributed by atoms with Crippen molar-refractivity contribution in [3.05, 3.63) is 58.9 Å². The molecule has 1 aromatic carbocycles. The van der Waals surface area contributed by atoms with Crippen LogP contribution in [0.4, 0.5) is 5.82 Å². The van der Waals surface area contributed by atoms with E-state index in [-0.39, 0.29) is 6.10 Å². The highest BCUT2D eigenvalue weighted by Gasteiger charge is 2.20. The van der Waals surface area contributed by atoms with Crippen LogP contribution in [0, 0.1) is 13.8 Å². The SMILES string of the molecule is Cc1ccc2[nH]c(CNCc3cccnc3N3CCCC(O)C3)c(C)c2c1. The number of nitrogens with zero attached hydrogens (tertiary/aromatic N) is 2. The first-order valence-electron chi connectivity index (χ1n) is 9.77. The number of aromatic nitrogens is 2. The van der Waals surface area contributed by atoms with E-state index in [4.69, 9.17) is 0 Å². The maximum Gasteiger partial charge on any atom is 0.133 e. The summed E-state index contributed by atoms with van der Waals surface area (Å²) >= 11 is 0. The molecule has 1 saturated heterocycles. The van der Waals surface area contributed by atoms with Gasteiger partial charge in [0.1, 0.15) is 5.82 Å². The Morgan fingerprint density at radius 2 is 2.15 bits per heavy atom. The minimum absolute atomic E-state index is 0.251. The Hall–Kier alpha value is -2.37. The number of aryl methyl sites for hydroxylation is 2. The molecule has 0 amide bonds. The van der Waals surface area contributed by atoms with Crippen molar-refractivity contribution in [1.29, 1.82) is 0 Å². The molecule has 0 radical (unpaired) electrons. The number of aliphatic hydroxyl groups excluding tert-OH is 1. The molecule has 142 valence electrons. The fourth-order valence-electron chi connectivity index (χ4n) is 4.00. The molecular weight excluding hydrogens is 336 g/mol. The summed E-state index contributed by atoms with van der Waals surface area (Å²) in [6, 6.07) is 10.6. The van der Waals surface area contributed by atoms with Crippen molar-refractivity contribution in [2.45, 2.75) is 45.9 Å². The Balaban J connectivity index is 1.46. The van der Waals surface area contributed by atoms with Gasteiger partial charge in [0.05, 0.1) is 6.10 Å². The number of hydrogen-bond acceptors (Lipinski definition) is 4. The van der Waals surface area contributed by atoms with E-state index in [2.05, 4.69) is 58.3 Å². The van der Waals surface area contributed by atoms with Crippen molar-refractivity contribution in [2.75, 3.05) is 18.0 Å². The van der Waals surface area contributed by atoms with Crippen LogP contribution in [-0.2, 0) is 13.1 Å². The molecule has 2 aromatic heterocycles. The standard InChI is InChI=1S/C22H28N4O/c1-15-7-8-20-19(11-15)16(2)21(25-20)13-23-12-17-5-3-9-24-22(17)26-10-4-6-18(27)14-26/h3,5,7-9,11,18,23,25,27H,4,6,10,12-14H2,1-2H3. The van der Waals surface area contributed by atoms with E-state index < -0.39 is 0 Å². The second-order valence-corrected chi connectivity index (χ2v) is 7.61. The van der Waals surface area contributed by atoms with Crippen LogP contribution in [-0.4, -0.2) is 34.3 Å². The van der Waals surface area contributed by atoms with Crippen LogP contribution >= 0.6 is 0 Å². The zero-order chi connectivity index (χ0) is 18.8. The third-order valence-corrected chi connectivity index (χ3v) is 5.50. The monoisotopic (exact) mass is 364 g/mol. The van der Waals surface area contributed by atoms with Gasteiger partial charge in [0.15, 0.2) is 0 Å². The topological polar surface area (TPSA) is 64.2 Å². The Morgan fingerprint density at radius 1 is 1.26 bits per heavy atom. The van der Waals surface area contributed by atoms with Crippen molar-refractivity contribution < 1.29 is 5.11 Å². The number of aromatic amines is 1. The van der Waals surface area contributed by atoms with Gasteiger partial charge in [-0.3, -0.25) is 0 Å². The Kier molecular flexibility index (Phi) is 5.14. The van der Waals surface area contributed by atoms with Gasteiger partial charge in [-0.15, -0.1) is 0 Å². The molecule has 27 heavy (non-hydrogen) atoms. The van der Waals surface area contributed by atoms with E-state index in [1.54, 1.807) is 0 Å². The van der Waals surface area contributed by atoms with E-state index in [1.165, 1.54) is 33.3 Å². The predicted molar refractivity (Wildman–Crippen MR) is 110 cm³/mol. The molecule has 1 unspecified atom stereocenters. The summed E-state index contributed by atoms with van der Waals surface area (Å²) < 4.78 is 0. The lowest BCUT2D eigenvalue weighted by atomic mass is 10.1. The van der Waals surface area contributed by atoms with Gasteiger partial charge < -0.3 is 20.3 Å². The molecule has 1 atom stereocenters. The summed E-state index contributed by atoms with van der Waals surface area (Å²) in [7, 11) is 0. The minimum atomic E-state index is -0.251. The van der Waals surface area contributed by atoms with E-state index in [0.717, 1.165) is 38.3 Å². The molecular formula is C22H28N4O. The fourth-order valence-corrected chi connectivity index (χ4v) is 4.00. The maximum atomic E-state index is 9.99. The maximum absolute atomic E-state index is 9.99. The molecule has 1 aliphatic heterocycles. The number of hydrogen-bond donors (Lipinski definition) is 3. The average molecular weight is 364 g/mol. The lowest BCUT2D eigenvalue weighted by molar-refractivity contribution is 0.154. The first kappa shape index (κ1) is 18.0. The van der Waals surface area contributed by atoms with Crippen molar-refractivity contribution >= 4 is 16.7 Å². The van der Waals surface area contributed by atoms with Crippen molar-refractivity contribution in [1.82, 2.24) is 15.3 Å². The van der Waals surface area contributed by atoms with E-state index in [0.29, 0.717) is 6.54 Å². The molecule has 3 heterocycles. The third kappa shape index (κ3) is 3.84. The second kappa shape index (κ2) is 7.71. The van der Waals surface area contributed by atoms with Crippen molar-refractivity contribution in [2.24, 2.45) is 0 Å². The van der Waals surface area contributed by atoms with Gasteiger partial charge in [0, 0.05) is 54.5 Å². The van der Waals surface area contributed by atoms with Gasteiger partial charge in [-0.1, -0.05) is 17.7 Å². The lowest BCUT2D eigenvalue weighted by Gasteiger charge is -2.32. The minimum Gasteiger partial charge on any atom is -0.391 e. The number of rotatable bonds is 5. The van der Waals surface area contributed by atoms with Crippen molar-refractivity contribution in [3.63, 3.8) is 0 Å². The van der Waals surface area contributed by atoms with Crippen LogP contribution < -0.4 is 10.2 Å². The highest BCUT2D eigenvalue weighted by atomic mass is 16.3. The highest BCUT2D eigenvalue weighted by molar-refractivity contribution is 5.85. The van der Waals surface area contributed by atoms with Crippen LogP contribution in [0.25, 0.3) is 10.9 Å². The first-order chi connectivity index (χ1) is 13.1. The molecule has 0 bridgehead atoms. The van der Waals surface area contributed by atoms with Gasteiger partial charge in [0.25, 0.3) is 0 Å². The summed E-state index contributed by atoms with van der Waals surface area (Å²) in [6.45, 7) is 7.48. The molecule has 5 heteroatoms. The van der Waals surface area contributed by atoms with E-state index >= 15 is 0 Å². The average Bonchev–Trinajstić information content (AvgIpc) is 2.98. The lowest BCUT2D eigenvalue weighted by Crippen LogP contribution is -2.39. The van der Waals surface area contributed by atoms with E-state index in [9.17, 15) is 5.11 Å². The number of aliphatic hydroxyl groups is 1. The number of H-pyrrole nitrogens is 1. The summed E-state index contributed by atoms with van der Waals surface area (Å²) in [6.07, 6.45) is 3.48. The van der Waals surface area contributed by atoms with Gasteiger partial charge in [-0.25, -0.2) is 4.98 Å². The molecule has 0 spiro atoms. The molecule has 0 saturated carbocycles. The molecule has 5 nitrogen and oxygen atoms in total. The number of nitrogens with one attached hydrogen (secondary N) is 2. The molecule has 1 aliphatic rings. The third-order valence-electron chi connectivity index (χ3n) is 5.50. The quantitative estimate of drug-likeness (QED) is 0.649. The number of fused-ring (bicyclic) bond motifs is 1. The molecule has 0 aliphatic carbocycles. The predicted octanol–water partition coefficient (Wildman–Crippen LogP) is 3.43. The number of piperidine rings is 1. The Morgan fingerprint density at radius 3 is 3.00 bits per heavy atom. The van der Waals surface area contributed by atoms with Crippen molar-refractivity contribution in [3.8, 4) is 0 Å². The number of benzene rings is 1. The Labute approximate surface area is 160 Å². The highest BCUT2D eigenvalue weighted by Crippen LogP contribution is 2.24. The largest absolute Gasteiger partial charge is 0.391 e. The molecule has 4 rings (SSSR count). The Bertz CT molecular complexity index is 933. The van der Waals surface area contributed by atoms with Crippen LogP contribution in [0.5, 0.6) is 0 Å². The van der Waals surface area contributed by atoms with Gasteiger partial charge >= 0.3 is 0 Å². The van der Waals surface area contributed by atoms with E-state index in [1.807, 2.05) is 12.3 Å². The normalized spacial score (nSPS) is 17.6. The fraction of sp³-hybridized carbons (Fsp3) is 0.409. The summed E-state index contributed by atoms with van der Waals surface area (Å²) in [5, 5.41) is 14.9. The smallest absolute Gasteiger partial charge is 0.133 e. The number of β-amino-alcohol motifs (C(OH)–C–C–N with tert-alkyl or cyclic N) is 1. The zero-order valence-corrected chi connectivity index (χ0v) is 16.1. The molecule has 1 fully saturated rings. The van der Waals surface area contributed by atoms with Crippen LogP contribution in [0.15, 0.2) is 36.5 Å². The van der Waals surface area contributed by atoms with Gasteiger partial charge in [-0.2, -0.15) is 0 Å². The molecule has 3 N–H and O–H groups in total. The summed E-state index contributed by atoms with van der Waals surface area (Å²) in [5.74, 6) is 0.993. The van der Waals surface area contributed by atoms with Crippen LogP contribution in [0.3, 0.4) is 0 Å². The second-order valence-electron chi connectivity index (χ2n) is 7.61. The molecule has 3 aromatic rings. The summed E-state index contributed by atoms with van der Waals surface area (Å²) in [5.41, 5.74) is 6.20. The summed E-state index contributed by atoms with van der Waals surface area (Å²) in [4.78, 5) is 10.3. The zero-order valence-electron chi connectivity index (χ0n) is 16.1. The van der Waals surface area contributed by atoms with Gasteiger partial charge in [0.2, 0.25) is 0 Å². The van der Waals surface area contributed by atoms with Crippen LogP contribution in [0.2, 0.25) is 0 Å². The van der Waals surface area contributed by atoms with Crippen LogP contribution in [0.1, 0.15) is 35.2 Å². The first-order valence-corrected chi connectivity index (χ1v) is 9.77. The number of pyridine rings is 1.